The molecule has 2 rings (SSSR count). The molecule has 2 N–H and O–H groups in total. The number of hydrogen-bond acceptors (Lipinski definition) is 5. The molecule has 0 radical (unpaired) electrons. The molecule has 7 nitrogen and oxygen atoms in total. The van der Waals surface area contributed by atoms with E-state index in [2.05, 4.69) is 10.6 Å². The van der Waals surface area contributed by atoms with Crippen molar-refractivity contribution in [2.24, 2.45) is 0 Å². The van der Waals surface area contributed by atoms with Crippen LogP contribution in [-0.2, 0) is 14.3 Å². The molecular formula is C17H18N2O5. The average molecular weight is 330 g/mol. The van der Waals surface area contributed by atoms with E-state index in [0.29, 0.717) is 23.7 Å². The van der Waals surface area contributed by atoms with E-state index < -0.39 is 6.09 Å². The summed E-state index contributed by atoms with van der Waals surface area (Å²) in [6.07, 6.45) is 3.86. The zero-order chi connectivity index (χ0) is 17.2. The van der Waals surface area contributed by atoms with Crippen molar-refractivity contribution in [3.63, 3.8) is 0 Å². The second-order valence-corrected chi connectivity index (χ2v) is 4.67. The maximum atomic E-state index is 11.9. The molecule has 0 unspecified atom stereocenters. The van der Waals surface area contributed by atoms with Gasteiger partial charge in [0, 0.05) is 24.6 Å². The van der Waals surface area contributed by atoms with Gasteiger partial charge in [-0.05, 0) is 36.4 Å². The Morgan fingerprint density at radius 1 is 1.12 bits per heavy atom. The van der Waals surface area contributed by atoms with Crippen LogP contribution in [0.3, 0.4) is 0 Å². The molecule has 0 aliphatic rings. The molecule has 2 amide bonds. The van der Waals surface area contributed by atoms with Gasteiger partial charge >= 0.3 is 6.09 Å². The Kier molecular flexibility index (Phi) is 6.60. The van der Waals surface area contributed by atoms with Gasteiger partial charge in [-0.15, -0.1) is 0 Å². The van der Waals surface area contributed by atoms with E-state index in [1.807, 2.05) is 0 Å². The minimum atomic E-state index is -0.590. The zero-order valence-electron chi connectivity index (χ0n) is 13.2. The van der Waals surface area contributed by atoms with Gasteiger partial charge in [-0.1, -0.05) is 6.07 Å². The number of carbonyl (C=O) groups excluding carboxylic acids is 2. The Balaban J connectivity index is 1.87. The topological polar surface area (TPSA) is 89.8 Å². The molecule has 0 aliphatic carbocycles. The summed E-state index contributed by atoms with van der Waals surface area (Å²) >= 11 is 0. The third kappa shape index (κ3) is 5.98. The van der Waals surface area contributed by atoms with Gasteiger partial charge in [0.25, 0.3) is 0 Å². The minimum Gasteiger partial charge on any atom is -0.465 e. The predicted octanol–water partition coefficient (Wildman–Crippen LogP) is 3.13. The number of nitrogens with one attached hydrogen (secondary N) is 2. The van der Waals surface area contributed by atoms with E-state index in [4.69, 9.17) is 13.9 Å². The fraction of sp³-hybridized carbons (Fsp3) is 0.176. The van der Waals surface area contributed by atoms with Gasteiger partial charge in [-0.2, -0.15) is 0 Å². The van der Waals surface area contributed by atoms with Crippen molar-refractivity contribution in [1.82, 2.24) is 0 Å². The number of methoxy groups -OCH3 is 1. The second kappa shape index (κ2) is 9.16. The third-order valence-corrected chi connectivity index (χ3v) is 2.84. The molecule has 2 aromatic rings. The highest BCUT2D eigenvalue weighted by Gasteiger charge is 2.04. The third-order valence-electron chi connectivity index (χ3n) is 2.84. The highest BCUT2D eigenvalue weighted by molar-refractivity contribution is 6.02. The van der Waals surface area contributed by atoms with Crippen molar-refractivity contribution in [2.75, 3.05) is 31.0 Å². The fourth-order valence-electron chi connectivity index (χ4n) is 1.77. The van der Waals surface area contributed by atoms with E-state index in [9.17, 15) is 9.59 Å². The Labute approximate surface area is 139 Å². The molecule has 0 saturated heterocycles. The number of amides is 2. The zero-order valence-corrected chi connectivity index (χ0v) is 13.2. The lowest BCUT2D eigenvalue weighted by molar-refractivity contribution is -0.111. The van der Waals surface area contributed by atoms with Crippen LogP contribution in [0.4, 0.5) is 16.2 Å². The van der Waals surface area contributed by atoms with Crippen LogP contribution in [0.25, 0.3) is 6.08 Å². The summed E-state index contributed by atoms with van der Waals surface area (Å²) in [5.74, 6) is 0.269. The van der Waals surface area contributed by atoms with Crippen LogP contribution in [0.5, 0.6) is 0 Å². The van der Waals surface area contributed by atoms with E-state index in [-0.39, 0.29) is 12.5 Å². The van der Waals surface area contributed by atoms with Gasteiger partial charge in [0.15, 0.2) is 0 Å². The Morgan fingerprint density at radius 2 is 1.92 bits per heavy atom. The molecule has 0 aliphatic heterocycles. The Hall–Kier alpha value is -3.06. The van der Waals surface area contributed by atoms with E-state index >= 15 is 0 Å². The van der Waals surface area contributed by atoms with Crippen molar-refractivity contribution < 1.29 is 23.5 Å². The first-order chi connectivity index (χ1) is 11.7. The average Bonchev–Trinajstić information content (AvgIpc) is 3.07. The second-order valence-electron chi connectivity index (χ2n) is 4.67. The van der Waals surface area contributed by atoms with Crippen LogP contribution in [0, 0.1) is 0 Å². The number of benzene rings is 1. The maximum absolute atomic E-state index is 11.9. The number of hydrogen-bond donors (Lipinski definition) is 2. The highest BCUT2D eigenvalue weighted by Crippen LogP contribution is 2.15. The molecule has 24 heavy (non-hydrogen) atoms. The summed E-state index contributed by atoms with van der Waals surface area (Å²) < 4.78 is 14.8. The highest BCUT2D eigenvalue weighted by atomic mass is 16.6. The van der Waals surface area contributed by atoms with Crippen LogP contribution in [-0.4, -0.2) is 32.3 Å². The van der Waals surface area contributed by atoms with Crippen LogP contribution in [0.15, 0.2) is 53.2 Å². The van der Waals surface area contributed by atoms with Crippen molar-refractivity contribution in [3.05, 3.63) is 54.5 Å². The molecule has 1 heterocycles. The van der Waals surface area contributed by atoms with Gasteiger partial charge in [-0.25, -0.2) is 4.79 Å². The summed E-state index contributed by atoms with van der Waals surface area (Å²) in [6.45, 7) is 0.488. The number of rotatable bonds is 7. The van der Waals surface area contributed by atoms with Gasteiger partial charge in [0.1, 0.15) is 12.4 Å². The van der Waals surface area contributed by atoms with Gasteiger partial charge in [-0.3, -0.25) is 10.1 Å². The lowest BCUT2D eigenvalue weighted by Crippen LogP contribution is -2.16. The van der Waals surface area contributed by atoms with Gasteiger partial charge in [0.05, 0.1) is 12.9 Å². The summed E-state index contributed by atoms with van der Waals surface area (Å²) in [6, 6.07) is 10.2. The normalized spacial score (nSPS) is 10.5. The first-order valence-electron chi connectivity index (χ1n) is 7.23. The van der Waals surface area contributed by atoms with Crippen LogP contribution >= 0.6 is 0 Å². The number of furan rings is 1. The number of carbonyl (C=O) groups is 2. The van der Waals surface area contributed by atoms with E-state index in [0.717, 1.165) is 0 Å². The number of ether oxygens (including phenoxy) is 2. The molecule has 7 heteroatoms. The minimum absolute atomic E-state index is 0.163. The lowest BCUT2D eigenvalue weighted by Gasteiger charge is -2.08. The summed E-state index contributed by atoms with van der Waals surface area (Å²) in [5, 5.41) is 5.26. The van der Waals surface area contributed by atoms with Crippen molar-refractivity contribution in [2.45, 2.75) is 0 Å². The molecular weight excluding hydrogens is 312 g/mol. The van der Waals surface area contributed by atoms with Gasteiger partial charge in [0.2, 0.25) is 5.91 Å². The maximum Gasteiger partial charge on any atom is 0.411 e. The molecule has 126 valence electrons. The predicted molar refractivity (Wildman–Crippen MR) is 89.7 cm³/mol. The molecule has 1 aromatic carbocycles. The fourth-order valence-corrected chi connectivity index (χ4v) is 1.77. The summed E-state index contributed by atoms with van der Waals surface area (Å²) in [7, 11) is 1.52. The monoisotopic (exact) mass is 330 g/mol. The molecule has 0 atom stereocenters. The van der Waals surface area contributed by atoms with E-state index in [1.54, 1.807) is 42.5 Å². The van der Waals surface area contributed by atoms with Crippen LogP contribution < -0.4 is 10.6 Å². The largest absolute Gasteiger partial charge is 0.465 e. The first-order valence-corrected chi connectivity index (χ1v) is 7.23. The number of anilines is 2. The summed E-state index contributed by atoms with van der Waals surface area (Å²) in [5.41, 5.74) is 1.05. The SMILES string of the molecule is COCCOC(=O)Nc1cccc(NC(=O)/C=C/c2ccco2)c1. The van der Waals surface area contributed by atoms with Crippen LogP contribution in [0.1, 0.15) is 5.76 Å². The van der Waals surface area contributed by atoms with Crippen molar-refractivity contribution >= 4 is 29.5 Å². The van der Waals surface area contributed by atoms with Crippen LogP contribution in [0.2, 0.25) is 0 Å². The van der Waals surface area contributed by atoms with E-state index in [1.165, 1.54) is 19.4 Å². The Morgan fingerprint density at radius 3 is 2.62 bits per heavy atom. The smallest absolute Gasteiger partial charge is 0.411 e. The van der Waals surface area contributed by atoms with Gasteiger partial charge < -0.3 is 19.2 Å². The first kappa shape index (κ1) is 17.3. The van der Waals surface area contributed by atoms with Crippen molar-refractivity contribution in [3.8, 4) is 0 Å². The lowest BCUT2D eigenvalue weighted by atomic mass is 10.2. The quantitative estimate of drug-likeness (QED) is 0.601. The molecule has 0 spiro atoms. The molecule has 0 saturated carbocycles. The van der Waals surface area contributed by atoms with Crippen molar-refractivity contribution in [1.29, 1.82) is 0 Å². The summed E-state index contributed by atoms with van der Waals surface area (Å²) in [4.78, 5) is 23.4. The molecule has 0 fully saturated rings. The Bertz CT molecular complexity index is 695. The molecule has 1 aromatic heterocycles. The standard InChI is InChI=1S/C17H18N2O5/c1-22-10-11-24-17(21)19-14-5-2-4-13(12-14)18-16(20)8-7-15-6-3-9-23-15/h2-9,12H,10-11H2,1H3,(H,18,20)(H,19,21)/b8-7+. The molecule has 0 bridgehead atoms.